The van der Waals surface area contributed by atoms with Crippen LogP contribution in [0.25, 0.3) is 11.5 Å². The molecule has 0 unspecified atom stereocenters. The van der Waals surface area contributed by atoms with Crippen LogP contribution in [0.5, 0.6) is 0 Å². The molecule has 1 aliphatic heterocycles. The highest BCUT2D eigenvalue weighted by atomic mass is 16.5. The topological polar surface area (TPSA) is 52.3 Å². The molecule has 0 spiro atoms. The van der Waals surface area contributed by atoms with Crippen LogP contribution in [-0.4, -0.2) is 38.4 Å². The highest BCUT2D eigenvalue weighted by Crippen LogP contribution is 2.30. The summed E-state index contributed by atoms with van der Waals surface area (Å²) in [5.41, 5.74) is 4.24. The lowest BCUT2D eigenvalue weighted by molar-refractivity contribution is -0.136. The molecule has 6 nitrogen and oxygen atoms in total. The zero-order valence-electron chi connectivity index (χ0n) is 15.1. The van der Waals surface area contributed by atoms with Crippen molar-refractivity contribution in [2.45, 2.75) is 26.9 Å². The molecule has 0 radical (unpaired) electrons. The van der Waals surface area contributed by atoms with E-state index in [1.165, 1.54) is 5.56 Å². The van der Waals surface area contributed by atoms with Crippen LogP contribution in [0.2, 0.25) is 0 Å². The fraction of sp³-hybridized carbons (Fsp3) is 0.300. The maximum absolute atomic E-state index is 12.3. The number of carbonyl (C=O) groups excluding carboxylic acids is 1. The molecule has 1 aromatic carbocycles. The van der Waals surface area contributed by atoms with Gasteiger partial charge in [0.2, 0.25) is 5.91 Å². The summed E-state index contributed by atoms with van der Waals surface area (Å²) in [7, 11) is 0. The third-order valence-corrected chi connectivity index (χ3v) is 4.61. The highest BCUT2D eigenvalue weighted by Gasteiger charge is 2.31. The minimum atomic E-state index is 0.00501. The predicted molar refractivity (Wildman–Crippen MR) is 98.4 cm³/mol. The molecule has 6 heteroatoms. The summed E-state index contributed by atoms with van der Waals surface area (Å²) in [6.45, 7) is 5.71. The van der Waals surface area contributed by atoms with Gasteiger partial charge in [-0.3, -0.25) is 4.79 Å². The zero-order valence-corrected chi connectivity index (χ0v) is 15.1. The van der Waals surface area contributed by atoms with Crippen LogP contribution in [0.4, 0.5) is 0 Å². The summed E-state index contributed by atoms with van der Waals surface area (Å²) in [5, 5.41) is 4.83. The molecule has 4 rings (SSSR count). The Bertz CT molecular complexity index is 927. The Kier molecular flexibility index (Phi) is 4.34. The molecule has 0 saturated carbocycles. The second-order valence-electron chi connectivity index (χ2n) is 6.48. The van der Waals surface area contributed by atoms with Gasteiger partial charge in [0.25, 0.3) is 0 Å². The van der Waals surface area contributed by atoms with Gasteiger partial charge in [-0.25, -0.2) is 4.68 Å². The van der Waals surface area contributed by atoms with E-state index in [2.05, 4.69) is 29.7 Å². The maximum atomic E-state index is 12.3. The lowest BCUT2D eigenvalue weighted by atomic mass is 10.2. The molecule has 0 N–H and O–H groups in total. The minimum Gasteiger partial charge on any atom is -0.372 e. The van der Waals surface area contributed by atoms with Crippen molar-refractivity contribution in [3.63, 3.8) is 0 Å². The van der Waals surface area contributed by atoms with Crippen molar-refractivity contribution in [1.29, 1.82) is 0 Å². The molecule has 3 heterocycles. The Hall–Kier alpha value is -2.86. The molecule has 0 atom stereocenters. The predicted octanol–water partition coefficient (Wildman–Crippen LogP) is 2.85. The number of rotatable bonds is 5. The van der Waals surface area contributed by atoms with Crippen LogP contribution in [0, 0.1) is 6.92 Å². The quantitative estimate of drug-likeness (QED) is 0.711. The largest absolute Gasteiger partial charge is 0.372 e. The van der Waals surface area contributed by atoms with Gasteiger partial charge >= 0.3 is 0 Å². The summed E-state index contributed by atoms with van der Waals surface area (Å²) < 4.78 is 9.30. The second kappa shape index (κ2) is 6.80. The molecule has 1 aliphatic rings. The third-order valence-electron chi connectivity index (χ3n) is 4.61. The van der Waals surface area contributed by atoms with E-state index in [1.54, 1.807) is 4.90 Å². The molecule has 0 fully saturated rings. The third kappa shape index (κ3) is 2.93. The van der Waals surface area contributed by atoms with Crippen molar-refractivity contribution in [2.75, 3.05) is 13.2 Å². The fourth-order valence-corrected chi connectivity index (χ4v) is 3.34. The van der Waals surface area contributed by atoms with Crippen molar-refractivity contribution < 1.29 is 9.53 Å². The summed E-state index contributed by atoms with van der Waals surface area (Å²) >= 11 is 0. The number of nitrogens with zero attached hydrogens (tertiary/aromatic N) is 4. The molecular formula is C20H22N4O2. The van der Waals surface area contributed by atoms with Crippen LogP contribution < -0.4 is 0 Å². The van der Waals surface area contributed by atoms with Crippen LogP contribution in [0.15, 0.2) is 48.8 Å². The normalized spacial score (nSPS) is 13.2. The monoisotopic (exact) mass is 350 g/mol. The lowest BCUT2D eigenvalue weighted by Crippen LogP contribution is -2.30. The van der Waals surface area contributed by atoms with E-state index in [0.29, 0.717) is 19.7 Å². The van der Waals surface area contributed by atoms with Gasteiger partial charge in [-0.15, -0.1) is 0 Å². The highest BCUT2D eigenvalue weighted by molar-refractivity contribution is 5.78. The van der Waals surface area contributed by atoms with Gasteiger partial charge in [0, 0.05) is 24.6 Å². The number of aromatic nitrogens is 3. The van der Waals surface area contributed by atoms with Gasteiger partial charge < -0.3 is 14.2 Å². The first-order valence-corrected chi connectivity index (χ1v) is 8.84. The standard InChI is InChI=1S/C20H22N4O2/c1-3-26-14-19(25)23-12-17-18(13-23)21-24(16-8-6-7-15(2)11-16)20(17)22-9-4-5-10-22/h4-11H,3,12-14H2,1-2H3. The van der Waals surface area contributed by atoms with Crippen molar-refractivity contribution in [3.8, 4) is 11.5 Å². The minimum absolute atomic E-state index is 0.00501. The Balaban J connectivity index is 1.73. The number of aryl methyl sites for hydroxylation is 1. The molecule has 134 valence electrons. The first kappa shape index (κ1) is 16.6. The average Bonchev–Trinajstić information content (AvgIpc) is 3.34. The van der Waals surface area contributed by atoms with E-state index in [9.17, 15) is 4.79 Å². The van der Waals surface area contributed by atoms with Gasteiger partial charge in [0.05, 0.1) is 24.5 Å². The first-order valence-electron chi connectivity index (χ1n) is 8.84. The summed E-state index contributed by atoms with van der Waals surface area (Å²) in [5.74, 6) is 0.993. The van der Waals surface area contributed by atoms with E-state index in [-0.39, 0.29) is 12.5 Å². The fourth-order valence-electron chi connectivity index (χ4n) is 3.34. The van der Waals surface area contributed by atoms with Crippen molar-refractivity contribution in [2.24, 2.45) is 0 Å². The summed E-state index contributed by atoms with van der Waals surface area (Å²) in [6.07, 6.45) is 4.02. The number of benzene rings is 1. The molecule has 1 amide bonds. The first-order chi connectivity index (χ1) is 12.7. The second-order valence-corrected chi connectivity index (χ2v) is 6.48. The maximum Gasteiger partial charge on any atom is 0.249 e. The lowest BCUT2D eigenvalue weighted by Gasteiger charge is -2.17. The summed E-state index contributed by atoms with van der Waals surface area (Å²) in [4.78, 5) is 14.1. The van der Waals surface area contributed by atoms with Crippen LogP contribution in [-0.2, 0) is 22.6 Å². The van der Waals surface area contributed by atoms with E-state index in [4.69, 9.17) is 9.84 Å². The Morgan fingerprint density at radius 3 is 2.73 bits per heavy atom. The van der Waals surface area contributed by atoms with E-state index < -0.39 is 0 Å². The van der Waals surface area contributed by atoms with Crippen LogP contribution in [0.3, 0.4) is 0 Å². The van der Waals surface area contributed by atoms with Crippen molar-refractivity contribution in [1.82, 2.24) is 19.2 Å². The van der Waals surface area contributed by atoms with E-state index >= 15 is 0 Å². The average molecular weight is 350 g/mol. The van der Waals surface area contributed by atoms with E-state index in [0.717, 1.165) is 22.8 Å². The summed E-state index contributed by atoms with van der Waals surface area (Å²) in [6, 6.07) is 12.3. The van der Waals surface area contributed by atoms with Gasteiger partial charge in [-0.2, -0.15) is 5.10 Å². The number of amides is 1. The Morgan fingerprint density at radius 1 is 1.19 bits per heavy atom. The van der Waals surface area contributed by atoms with Gasteiger partial charge in [0.1, 0.15) is 12.4 Å². The molecule has 3 aromatic rings. The zero-order chi connectivity index (χ0) is 18.1. The van der Waals surface area contributed by atoms with E-state index in [1.807, 2.05) is 42.2 Å². The number of ether oxygens (including phenoxy) is 1. The number of fused-ring (bicyclic) bond motifs is 1. The molecular weight excluding hydrogens is 328 g/mol. The van der Waals surface area contributed by atoms with Crippen LogP contribution >= 0.6 is 0 Å². The molecule has 0 bridgehead atoms. The molecule has 2 aromatic heterocycles. The van der Waals surface area contributed by atoms with Gasteiger partial charge in [0.15, 0.2) is 0 Å². The van der Waals surface area contributed by atoms with Crippen molar-refractivity contribution in [3.05, 3.63) is 65.6 Å². The number of hydrogen-bond acceptors (Lipinski definition) is 3. The molecule has 26 heavy (non-hydrogen) atoms. The van der Waals surface area contributed by atoms with Gasteiger partial charge in [-0.1, -0.05) is 12.1 Å². The number of hydrogen-bond donors (Lipinski definition) is 0. The van der Waals surface area contributed by atoms with Crippen molar-refractivity contribution >= 4 is 5.91 Å². The molecule has 0 saturated heterocycles. The smallest absolute Gasteiger partial charge is 0.249 e. The van der Waals surface area contributed by atoms with Gasteiger partial charge in [-0.05, 0) is 43.7 Å². The number of carbonyl (C=O) groups is 1. The molecule has 0 aliphatic carbocycles. The Morgan fingerprint density at radius 2 is 2.00 bits per heavy atom. The SMILES string of the molecule is CCOCC(=O)N1Cc2nn(-c3cccc(C)c3)c(-n3cccc3)c2C1. The van der Waals surface area contributed by atoms with Crippen LogP contribution in [0.1, 0.15) is 23.7 Å². The Labute approximate surface area is 152 Å².